The summed E-state index contributed by atoms with van der Waals surface area (Å²) in [6.45, 7) is 4.24. The van der Waals surface area contributed by atoms with Gasteiger partial charge in [0, 0.05) is 6.04 Å². The van der Waals surface area contributed by atoms with Crippen LogP contribution in [0.4, 0.5) is 4.79 Å². The molecule has 1 unspecified atom stereocenters. The molecular weight excluding hydrogens is 156 g/mol. The monoisotopic (exact) mass is 170 g/mol. The predicted molar refractivity (Wildman–Crippen MR) is 44.6 cm³/mol. The van der Waals surface area contributed by atoms with Crippen molar-refractivity contribution in [1.82, 2.24) is 10.2 Å². The van der Waals surface area contributed by atoms with Crippen LogP contribution in [0.2, 0.25) is 0 Å². The first-order chi connectivity index (χ1) is 5.65. The molecule has 1 heterocycles. The number of amides is 3. The third-order valence-corrected chi connectivity index (χ3v) is 2.06. The molecule has 4 nitrogen and oxygen atoms in total. The molecule has 1 aliphatic rings. The predicted octanol–water partition coefficient (Wildman–Crippen LogP) is 0.727. The zero-order chi connectivity index (χ0) is 9.14. The van der Waals surface area contributed by atoms with E-state index < -0.39 is 0 Å². The van der Waals surface area contributed by atoms with Crippen molar-refractivity contribution >= 4 is 11.9 Å². The molecule has 1 aliphatic heterocycles. The average molecular weight is 170 g/mol. The number of hydrogen-bond acceptors (Lipinski definition) is 2. The van der Waals surface area contributed by atoms with Crippen LogP contribution in [-0.2, 0) is 4.79 Å². The van der Waals surface area contributed by atoms with Crippen LogP contribution in [0, 0.1) is 0 Å². The van der Waals surface area contributed by atoms with Gasteiger partial charge in [0.25, 0.3) is 0 Å². The van der Waals surface area contributed by atoms with Crippen molar-refractivity contribution in [2.24, 2.45) is 0 Å². The number of nitrogens with zero attached hydrogens (tertiary/aromatic N) is 1. The number of imide groups is 1. The van der Waals surface area contributed by atoms with Gasteiger partial charge in [-0.1, -0.05) is 13.3 Å². The van der Waals surface area contributed by atoms with Gasteiger partial charge in [-0.3, -0.25) is 10.1 Å². The molecule has 0 bridgehead atoms. The first-order valence-electron chi connectivity index (χ1n) is 4.25. The Labute approximate surface area is 71.9 Å². The normalized spacial score (nSPS) is 19.7. The van der Waals surface area contributed by atoms with Crippen LogP contribution in [0.15, 0.2) is 0 Å². The molecule has 12 heavy (non-hydrogen) atoms. The summed E-state index contributed by atoms with van der Waals surface area (Å²) >= 11 is 0. The summed E-state index contributed by atoms with van der Waals surface area (Å²) < 4.78 is 0. The molecule has 0 aromatic carbocycles. The highest BCUT2D eigenvalue weighted by Gasteiger charge is 2.29. The van der Waals surface area contributed by atoms with Crippen LogP contribution in [-0.4, -0.2) is 29.4 Å². The quantitative estimate of drug-likeness (QED) is 0.635. The third-order valence-electron chi connectivity index (χ3n) is 2.06. The van der Waals surface area contributed by atoms with Gasteiger partial charge < -0.3 is 4.90 Å². The lowest BCUT2D eigenvalue weighted by Crippen LogP contribution is -2.35. The number of carbonyl (C=O) groups excluding carboxylic acids is 2. The molecule has 1 fully saturated rings. The number of hydrogen-bond donors (Lipinski definition) is 1. The van der Waals surface area contributed by atoms with E-state index in [4.69, 9.17) is 0 Å². The summed E-state index contributed by atoms with van der Waals surface area (Å²) in [4.78, 5) is 23.5. The second kappa shape index (κ2) is 3.56. The minimum Gasteiger partial charge on any atom is -0.312 e. The topological polar surface area (TPSA) is 49.4 Å². The van der Waals surface area contributed by atoms with Crippen molar-refractivity contribution in [3.8, 4) is 0 Å². The molecule has 0 radical (unpaired) electrons. The summed E-state index contributed by atoms with van der Waals surface area (Å²) in [7, 11) is 0. The Bertz CT molecular complexity index is 203. The van der Waals surface area contributed by atoms with E-state index in [1.165, 1.54) is 0 Å². The second-order valence-corrected chi connectivity index (χ2v) is 3.12. The highest BCUT2D eigenvalue weighted by molar-refractivity contribution is 6.02. The SMILES string of the molecule is CCCC(C)N1CC(=O)NC1=O. The lowest BCUT2D eigenvalue weighted by atomic mass is 10.2. The van der Waals surface area contributed by atoms with E-state index in [-0.39, 0.29) is 24.5 Å². The zero-order valence-corrected chi connectivity index (χ0v) is 7.46. The third kappa shape index (κ3) is 1.75. The summed E-state index contributed by atoms with van der Waals surface area (Å²) in [5.41, 5.74) is 0. The van der Waals surface area contributed by atoms with Gasteiger partial charge in [0.05, 0.1) is 0 Å². The first kappa shape index (κ1) is 9.03. The summed E-state index contributed by atoms with van der Waals surface area (Å²) in [5.74, 6) is -0.192. The fourth-order valence-electron chi connectivity index (χ4n) is 1.39. The number of rotatable bonds is 3. The molecule has 1 atom stereocenters. The minimum atomic E-state index is -0.249. The highest BCUT2D eigenvalue weighted by Crippen LogP contribution is 2.09. The van der Waals surface area contributed by atoms with Crippen molar-refractivity contribution in [1.29, 1.82) is 0 Å². The molecule has 3 amide bonds. The Morgan fingerprint density at radius 1 is 1.58 bits per heavy atom. The maximum Gasteiger partial charge on any atom is 0.324 e. The van der Waals surface area contributed by atoms with Gasteiger partial charge >= 0.3 is 6.03 Å². The van der Waals surface area contributed by atoms with E-state index >= 15 is 0 Å². The highest BCUT2D eigenvalue weighted by atomic mass is 16.2. The van der Waals surface area contributed by atoms with Gasteiger partial charge in [-0.05, 0) is 13.3 Å². The average Bonchev–Trinajstić information content (AvgIpc) is 2.30. The Balaban J connectivity index is 2.51. The molecular formula is C8H14N2O2. The van der Waals surface area contributed by atoms with Crippen LogP contribution in [0.3, 0.4) is 0 Å². The van der Waals surface area contributed by atoms with E-state index in [0.717, 1.165) is 12.8 Å². The van der Waals surface area contributed by atoms with E-state index in [2.05, 4.69) is 12.2 Å². The first-order valence-corrected chi connectivity index (χ1v) is 4.25. The number of urea groups is 1. The fraction of sp³-hybridized carbons (Fsp3) is 0.750. The van der Waals surface area contributed by atoms with Crippen LogP contribution in [0.1, 0.15) is 26.7 Å². The molecule has 4 heteroatoms. The smallest absolute Gasteiger partial charge is 0.312 e. The Kier molecular flexibility index (Phi) is 2.68. The molecule has 0 aromatic heterocycles. The minimum absolute atomic E-state index is 0.168. The van der Waals surface area contributed by atoms with Crippen molar-refractivity contribution in [2.75, 3.05) is 6.54 Å². The van der Waals surface area contributed by atoms with Crippen LogP contribution >= 0.6 is 0 Å². The van der Waals surface area contributed by atoms with Gasteiger partial charge in [0.2, 0.25) is 5.91 Å². The number of nitrogens with one attached hydrogen (secondary N) is 1. The maximum atomic E-state index is 11.1. The standard InChI is InChI=1S/C8H14N2O2/c1-3-4-6(2)10-5-7(11)9-8(10)12/h6H,3-5H2,1-2H3,(H,9,11,12). The Morgan fingerprint density at radius 2 is 2.25 bits per heavy atom. The zero-order valence-electron chi connectivity index (χ0n) is 7.46. The van der Waals surface area contributed by atoms with E-state index in [9.17, 15) is 9.59 Å². The van der Waals surface area contributed by atoms with Gasteiger partial charge in [-0.15, -0.1) is 0 Å². The van der Waals surface area contributed by atoms with Crippen LogP contribution < -0.4 is 5.32 Å². The van der Waals surface area contributed by atoms with E-state index in [0.29, 0.717) is 0 Å². The maximum absolute atomic E-state index is 11.1. The molecule has 68 valence electrons. The Morgan fingerprint density at radius 3 is 2.67 bits per heavy atom. The van der Waals surface area contributed by atoms with E-state index in [1.54, 1.807) is 4.90 Å². The van der Waals surface area contributed by atoms with Crippen molar-refractivity contribution in [2.45, 2.75) is 32.7 Å². The number of carbonyl (C=O) groups is 2. The second-order valence-electron chi connectivity index (χ2n) is 3.12. The van der Waals surface area contributed by atoms with Gasteiger partial charge in [-0.25, -0.2) is 4.79 Å². The largest absolute Gasteiger partial charge is 0.324 e. The van der Waals surface area contributed by atoms with Crippen molar-refractivity contribution in [3.63, 3.8) is 0 Å². The van der Waals surface area contributed by atoms with Crippen LogP contribution in [0.25, 0.3) is 0 Å². The molecule has 1 rings (SSSR count). The van der Waals surface area contributed by atoms with Gasteiger partial charge in [0.15, 0.2) is 0 Å². The lowest BCUT2D eigenvalue weighted by molar-refractivity contribution is -0.118. The molecule has 1 saturated heterocycles. The van der Waals surface area contributed by atoms with Crippen LogP contribution in [0.5, 0.6) is 0 Å². The molecule has 1 N–H and O–H groups in total. The molecule has 0 aliphatic carbocycles. The summed E-state index contributed by atoms with van der Waals surface area (Å²) in [5, 5.41) is 2.25. The summed E-state index contributed by atoms with van der Waals surface area (Å²) in [6, 6.07) is -0.0811. The fourth-order valence-corrected chi connectivity index (χ4v) is 1.39. The lowest BCUT2D eigenvalue weighted by Gasteiger charge is -2.21. The van der Waals surface area contributed by atoms with E-state index in [1.807, 2.05) is 6.92 Å². The van der Waals surface area contributed by atoms with Crippen molar-refractivity contribution in [3.05, 3.63) is 0 Å². The van der Waals surface area contributed by atoms with Crippen molar-refractivity contribution < 1.29 is 9.59 Å². The van der Waals surface area contributed by atoms with Gasteiger partial charge in [-0.2, -0.15) is 0 Å². The summed E-state index contributed by atoms with van der Waals surface area (Å²) in [6.07, 6.45) is 1.97. The van der Waals surface area contributed by atoms with Gasteiger partial charge in [0.1, 0.15) is 6.54 Å². The molecule has 0 saturated carbocycles. The molecule has 0 spiro atoms. The Hall–Kier alpha value is -1.06. The molecule has 0 aromatic rings.